The normalized spacial score (nSPS) is 17.9. The Morgan fingerprint density at radius 2 is 2.00 bits per heavy atom. The number of carboxylic acid groups (broad SMARTS) is 1. The van der Waals surface area contributed by atoms with Crippen LogP contribution in [0.4, 0.5) is 4.39 Å². The number of carboxylic acids is 1. The van der Waals surface area contributed by atoms with Crippen LogP contribution in [0.15, 0.2) is 24.3 Å². The number of hydrogen-bond acceptors (Lipinski definition) is 2. The standard InChI is InChI=1S/C13H14FNO3/c1-13(12(17)18,8-6-7-8)15-11(16)9-4-2-3-5-10(9)14/h2-5,8H,6-7H2,1H3,(H,15,16)(H,17,18). The number of amides is 1. The molecule has 0 aliphatic heterocycles. The van der Waals surface area contributed by atoms with Crippen LogP contribution >= 0.6 is 0 Å². The van der Waals surface area contributed by atoms with Crippen molar-refractivity contribution in [3.63, 3.8) is 0 Å². The fraction of sp³-hybridized carbons (Fsp3) is 0.385. The van der Waals surface area contributed by atoms with E-state index in [1.807, 2.05) is 0 Å². The van der Waals surface area contributed by atoms with Gasteiger partial charge in [0.25, 0.3) is 5.91 Å². The van der Waals surface area contributed by atoms with Gasteiger partial charge in [-0.05, 0) is 37.8 Å². The third kappa shape index (κ3) is 2.20. The lowest BCUT2D eigenvalue weighted by atomic mass is 9.95. The Hall–Kier alpha value is -1.91. The molecule has 1 aromatic rings. The minimum Gasteiger partial charge on any atom is -0.480 e. The van der Waals surface area contributed by atoms with Gasteiger partial charge in [-0.1, -0.05) is 12.1 Å². The zero-order valence-corrected chi connectivity index (χ0v) is 9.94. The second kappa shape index (κ2) is 4.40. The highest BCUT2D eigenvalue weighted by Gasteiger charge is 2.48. The Morgan fingerprint density at radius 3 is 2.50 bits per heavy atom. The van der Waals surface area contributed by atoms with Crippen LogP contribution in [0, 0.1) is 11.7 Å². The molecule has 0 spiro atoms. The van der Waals surface area contributed by atoms with Gasteiger partial charge in [-0.3, -0.25) is 4.79 Å². The monoisotopic (exact) mass is 251 g/mol. The maximum atomic E-state index is 13.4. The van der Waals surface area contributed by atoms with Crippen LogP contribution in [0.2, 0.25) is 0 Å². The Labute approximate surface area is 104 Å². The predicted molar refractivity (Wildman–Crippen MR) is 62.6 cm³/mol. The van der Waals surface area contributed by atoms with E-state index in [-0.39, 0.29) is 11.5 Å². The molecule has 1 aliphatic carbocycles. The molecular formula is C13H14FNO3. The van der Waals surface area contributed by atoms with Crippen molar-refractivity contribution < 1.29 is 19.1 Å². The maximum Gasteiger partial charge on any atom is 0.329 e. The highest BCUT2D eigenvalue weighted by Crippen LogP contribution is 2.39. The van der Waals surface area contributed by atoms with Gasteiger partial charge in [0.1, 0.15) is 11.4 Å². The summed E-state index contributed by atoms with van der Waals surface area (Å²) in [5.74, 6) is -2.51. The van der Waals surface area contributed by atoms with E-state index in [2.05, 4.69) is 5.32 Å². The van der Waals surface area contributed by atoms with E-state index in [0.717, 1.165) is 12.8 Å². The van der Waals surface area contributed by atoms with Crippen molar-refractivity contribution in [1.82, 2.24) is 5.32 Å². The fourth-order valence-corrected chi connectivity index (χ4v) is 1.94. The second-order valence-corrected chi connectivity index (χ2v) is 4.72. The summed E-state index contributed by atoms with van der Waals surface area (Å²) >= 11 is 0. The van der Waals surface area contributed by atoms with Crippen LogP contribution in [0.3, 0.4) is 0 Å². The molecule has 96 valence electrons. The molecule has 4 nitrogen and oxygen atoms in total. The van der Waals surface area contributed by atoms with E-state index in [1.54, 1.807) is 0 Å². The Balaban J connectivity index is 2.20. The minimum atomic E-state index is -1.32. The zero-order chi connectivity index (χ0) is 13.3. The Morgan fingerprint density at radius 1 is 1.39 bits per heavy atom. The Bertz CT molecular complexity index is 499. The first-order valence-corrected chi connectivity index (χ1v) is 5.75. The molecule has 0 bridgehead atoms. The van der Waals surface area contributed by atoms with Gasteiger partial charge in [0.15, 0.2) is 0 Å². The molecule has 18 heavy (non-hydrogen) atoms. The highest BCUT2D eigenvalue weighted by molar-refractivity contribution is 5.98. The molecule has 0 saturated heterocycles. The van der Waals surface area contributed by atoms with Gasteiger partial charge < -0.3 is 10.4 Å². The first kappa shape index (κ1) is 12.5. The number of benzene rings is 1. The smallest absolute Gasteiger partial charge is 0.329 e. The first-order chi connectivity index (χ1) is 8.45. The van der Waals surface area contributed by atoms with E-state index < -0.39 is 23.2 Å². The summed E-state index contributed by atoms with van der Waals surface area (Å²) < 4.78 is 13.4. The van der Waals surface area contributed by atoms with E-state index >= 15 is 0 Å². The van der Waals surface area contributed by atoms with Crippen molar-refractivity contribution in [2.45, 2.75) is 25.3 Å². The van der Waals surface area contributed by atoms with E-state index in [0.29, 0.717) is 0 Å². The predicted octanol–water partition coefficient (Wildman–Crippen LogP) is 1.81. The summed E-state index contributed by atoms with van der Waals surface area (Å²) in [6.45, 7) is 1.46. The summed E-state index contributed by atoms with van der Waals surface area (Å²) in [6, 6.07) is 5.51. The van der Waals surface area contributed by atoms with Gasteiger partial charge in [-0.25, -0.2) is 9.18 Å². The number of halogens is 1. The van der Waals surface area contributed by atoms with Crippen LogP contribution in [0.5, 0.6) is 0 Å². The van der Waals surface area contributed by atoms with Crippen molar-refractivity contribution in [1.29, 1.82) is 0 Å². The molecule has 0 aromatic heterocycles. The molecule has 1 aliphatic rings. The number of aliphatic carboxylic acids is 1. The molecule has 1 fully saturated rings. The van der Waals surface area contributed by atoms with Gasteiger partial charge in [0.2, 0.25) is 0 Å². The quantitative estimate of drug-likeness (QED) is 0.857. The fourth-order valence-electron chi connectivity index (χ4n) is 1.94. The SMILES string of the molecule is CC(NC(=O)c1ccccc1F)(C(=O)O)C1CC1. The number of carbonyl (C=O) groups excluding carboxylic acids is 1. The molecule has 1 saturated carbocycles. The van der Waals surface area contributed by atoms with Crippen molar-refractivity contribution in [2.75, 3.05) is 0 Å². The summed E-state index contributed by atoms with van der Waals surface area (Å²) in [6.07, 6.45) is 1.53. The molecule has 2 rings (SSSR count). The van der Waals surface area contributed by atoms with Crippen LogP contribution in [0.25, 0.3) is 0 Å². The highest BCUT2D eigenvalue weighted by atomic mass is 19.1. The molecule has 1 aromatic carbocycles. The molecule has 1 amide bonds. The molecule has 0 heterocycles. The van der Waals surface area contributed by atoms with Crippen molar-refractivity contribution >= 4 is 11.9 Å². The van der Waals surface area contributed by atoms with Crippen molar-refractivity contribution in [3.8, 4) is 0 Å². The maximum absolute atomic E-state index is 13.4. The lowest BCUT2D eigenvalue weighted by molar-refractivity contribution is -0.144. The average molecular weight is 251 g/mol. The molecule has 2 N–H and O–H groups in total. The van der Waals surface area contributed by atoms with Crippen LogP contribution in [-0.4, -0.2) is 22.5 Å². The lowest BCUT2D eigenvalue weighted by Crippen LogP contribution is -2.54. The van der Waals surface area contributed by atoms with Crippen molar-refractivity contribution in [2.24, 2.45) is 5.92 Å². The zero-order valence-electron chi connectivity index (χ0n) is 9.94. The average Bonchev–Trinajstić information content (AvgIpc) is 3.13. The number of nitrogens with one attached hydrogen (secondary N) is 1. The van der Waals surface area contributed by atoms with E-state index in [4.69, 9.17) is 0 Å². The lowest BCUT2D eigenvalue weighted by Gasteiger charge is -2.26. The molecule has 5 heteroatoms. The number of rotatable bonds is 4. The van der Waals surface area contributed by atoms with Crippen molar-refractivity contribution in [3.05, 3.63) is 35.6 Å². The third-order valence-corrected chi connectivity index (χ3v) is 3.33. The summed E-state index contributed by atoms with van der Waals surface area (Å²) in [5, 5.41) is 11.6. The molecular weight excluding hydrogens is 237 g/mol. The minimum absolute atomic E-state index is 0.0780. The molecule has 0 radical (unpaired) electrons. The first-order valence-electron chi connectivity index (χ1n) is 5.75. The summed E-state index contributed by atoms with van der Waals surface area (Å²) in [7, 11) is 0. The third-order valence-electron chi connectivity index (χ3n) is 3.33. The van der Waals surface area contributed by atoms with Gasteiger partial charge in [-0.2, -0.15) is 0 Å². The molecule has 1 atom stereocenters. The van der Waals surface area contributed by atoms with Gasteiger partial charge in [-0.15, -0.1) is 0 Å². The number of hydrogen-bond donors (Lipinski definition) is 2. The largest absolute Gasteiger partial charge is 0.480 e. The van der Waals surface area contributed by atoms with E-state index in [9.17, 15) is 19.1 Å². The topological polar surface area (TPSA) is 66.4 Å². The van der Waals surface area contributed by atoms with Gasteiger partial charge in [0, 0.05) is 0 Å². The summed E-state index contributed by atoms with van der Waals surface area (Å²) in [5.41, 5.74) is -1.45. The Kier molecular flexibility index (Phi) is 3.07. The van der Waals surface area contributed by atoms with E-state index in [1.165, 1.54) is 31.2 Å². The van der Waals surface area contributed by atoms with Gasteiger partial charge in [0.05, 0.1) is 5.56 Å². The van der Waals surface area contributed by atoms with Crippen LogP contribution < -0.4 is 5.32 Å². The molecule has 1 unspecified atom stereocenters. The van der Waals surface area contributed by atoms with Crippen LogP contribution in [-0.2, 0) is 4.79 Å². The number of carbonyl (C=O) groups is 2. The summed E-state index contributed by atoms with van der Waals surface area (Å²) in [4.78, 5) is 23.1. The van der Waals surface area contributed by atoms with Crippen LogP contribution in [0.1, 0.15) is 30.1 Å². The van der Waals surface area contributed by atoms with Gasteiger partial charge >= 0.3 is 5.97 Å². The second-order valence-electron chi connectivity index (χ2n) is 4.72.